The molecule has 0 aliphatic rings. The molecule has 1 aromatic rings. The minimum Gasteiger partial charge on any atom is -0.494 e. The maximum atomic E-state index is 9.25. The Hall–Kier alpha value is -0.920. The molecule has 1 N–H and O–H groups in total. The number of nitrogens with zero attached hydrogens (tertiary/aromatic N) is 1. The third kappa shape index (κ3) is 1.15. The molecule has 0 amide bonds. The third-order valence-corrected chi connectivity index (χ3v) is 1.45. The van der Waals surface area contributed by atoms with E-state index in [2.05, 4.69) is 0 Å². The van der Waals surface area contributed by atoms with E-state index < -0.39 is 0 Å². The maximum Gasteiger partial charge on any atom is 0.191 e. The van der Waals surface area contributed by atoms with Crippen LogP contribution >= 0.6 is 0 Å². The highest BCUT2D eigenvalue weighted by Gasteiger charge is 2.13. The topological polar surface area (TPSA) is 25.2 Å². The molecule has 1 heterocycles. The second-order valence-corrected chi connectivity index (χ2v) is 3.41. The summed E-state index contributed by atoms with van der Waals surface area (Å²) in [5, 5.41) is 9.25. The van der Waals surface area contributed by atoms with Gasteiger partial charge in [-0.15, -0.1) is 0 Å². The molecule has 0 spiro atoms. The summed E-state index contributed by atoms with van der Waals surface area (Å²) in [6.07, 6.45) is 1.87. The van der Waals surface area contributed by atoms with Crippen molar-refractivity contribution < 1.29 is 5.11 Å². The molecule has 0 saturated carbocycles. The Labute approximate surface area is 61.1 Å². The van der Waals surface area contributed by atoms with Crippen molar-refractivity contribution in [3.8, 4) is 5.88 Å². The van der Waals surface area contributed by atoms with Gasteiger partial charge in [0.25, 0.3) is 0 Å². The van der Waals surface area contributed by atoms with Gasteiger partial charge in [-0.05, 0) is 32.9 Å². The molecule has 0 aliphatic carbocycles. The molecule has 2 nitrogen and oxygen atoms in total. The highest BCUT2D eigenvalue weighted by Crippen LogP contribution is 2.21. The van der Waals surface area contributed by atoms with Gasteiger partial charge in [0.05, 0.1) is 0 Å². The van der Waals surface area contributed by atoms with Crippen molar-refractivity contribution in [2.24, 2.45) is 0 Å². The van der Waals surface area contributed by atoms with E-state index in [4.69, 9.17) is 0 Å². The Balaban J connectivity index is 3.05. The second-order valence-electron chi connectivity index (χ2n) is 3.41. The van der Waals surface area contributed by atoms with Crippen molar-refractivity contribution in [2.45, 2.75) is 26.3 Å². The highest BCUT2D eigenvalue weighted by molar-refractivity contribution is 5.13. The summed E-state index contributed by atoms with van der Waals surface area (Å²) in [5.74, 6) is 0.326. The first-order chi connectivity index (χ1) is 4.52. The molecule has 0 saturated heterocycles. The van der Waals surface area contributed by atoms with Crippen LogP contribution < -0.4 is 0 Å². The molecule has 0 fully saturated rings. The van der Waals surface area contributed by atoms with Crippen molar-refractivity contribution in [1.82, 2.24) is 4.57 Å². The summed E-state index contributed by atoms with van der Waals surface area (Å²) in [6, 6.07) is 3.52. The monoisotopic (exact) mass is 139 g/mol. The normalized spacial score (nSPS) is 11.9. The predicted molar refractivity (Wildman–Crippen MR) is 41.1 cm³/mol. The van der Waals surface area contributed by atoms with E-state index in [0.717, 1.165) is 0 Å². The fourth-order valence-electron chi connectivity index (χ4n) is 0.939. The van der Waals surface area contributed by atoms with Crippen molar-refractivity contribution >= 4 is 0 Å². The molecule has 0 bridgehead atoms. The Morgan fingerprint density at radius 1 is 1.40 bits per heavy atom. The van der Waals surface area contributed by atoms with Crippen molar-refractivity contribution in [3.63, 3.8) is 0 Å². The number of aromatic hydroxyl groups is 1. The summed E-state index contributed by atoms with van der Waals surface area (Å²) in [6.45, 7) is 6.14. The van der Waals surface area contributed by atoms with Crippen molar-refractivity contribution in [3.05, 3.63) is 18.3 Å². The van der Waals surface area contributed by atoms with E-state index in [1.54, 1.807) is 6.07 Å². The van der Waals surface area contributed by atoms with E-state index in [-0.39, 0.29) is 5.54 Å². The summed E-state index contributed by atoms with van der Waals surface area (Å²) in [4.78, 5) is 0. The lowest BCUT2D eigenvalue weighted by atomic mass is 10.1. The molecule has 0 aromatic carbocycles. The van der Waals surface area contributed by atoms with Gasteiger partial charge in [0, 0.05) is 11.7 Å². The molecular weight excluding hydrogens is 126 g/mol. The SMILES string of the molecule is CC(C)(C)n1cccc1O. The van der Waals surface area contributed by atoms with E-state index in [9.17, 15) is 5.11 Å². The minimum atomic E-state index is -0.0203. The Morgan fingerprint density at radius 2 is 2.00 bits per heavy atom. The van der Waals surface area contributed by atoms with Crippen molar-refractivity contribution in [1.29, 1.82) is 0 Å². The lowest BCUT2D eigenvalue weighted by Gasteiger charge is -2.21. The van der Waals surface area contributed by atoms with Gasteiger partial charge in [-0.2, -0.15) is 0 Å². The summed E-state index contributed by atoms with van der Waals surface area (Å²) < 4.78 is 1.83. The molecule has 1 rings (SSSR count). The fraction of sp³-hybridized carbons (Fsp3) is 0.500. The summed E-state index contributed by atoms with van der Waals surface area (Å²) >= 11 is 0. The van der Waals surface area contributed by atoms with Crippen LogP contribution in [0.1, 0.15) is 20.8 Å². The van der Waals surface area contributed by atoms with Gasteiger partial charge >= 0.3 is 0 Å². The van der Waals surface area contributed by atoms with Crippen LogP contribution in [0, 0.1) is 0 Å². The number of hydrogen-bond donors (Lipinski definition) is 1. The smallest absolute Gasteiger partial charge is 0.191 e. The molecule has 0 aliphatic heterocycles. The molecule has 0 atom stereocenters. The number of hydrogen-bond acceptors (Lipinski definition) is 1. The molecule has 2 heteroatoms. The van der Waals surface area contributed by atoms with E-state index in [0.29, 0.717) is 5.88 Å². The first kappa shape index (κ1) is 7.19. The molecular formula is C8H13NO. The van der Waals surface area contributed by atoms with E-state index in [1.807, 2.05) is 37.6 Å². The minimum absolute atomic E-state index is 0.0203. The molecule has 10 heavy (non-hydrogen) atoms. The first-order valence-electron chi connectivity index (χ1n) is 3.38. The van der Waals surface area contributed by atoms with Gasteiger partial charge in [0.2, 0.25) is 0 Å². The first-order valence-corrected chi connectivity index (χ1v) is 3.38. The molecule has 0 radical (unpaired) electrons. The Kier molecular flexibility index (Phi) is 1.47. The lowest BCUT2D eigenvalue weighted by Crippen LogP contribution is -2.19. The van der Waals surface area contributed by atoms with Crippen molar-refractivity contribution in [2.75, 3.05) is 0 Å². The summed E-state index contributed by atoms with van der Waals surface area (Å²) in [5.41, 5.74) is -0.0203. The zero-order chi connectivity index (χ0) is 7.78. The van der Waals surface area contributed by atoms with Crippen LogP contribution in [-0.4, -0.2) is 9.67 Å². The van der Waals surface area contributed by atoms with E-state index in [1.165, 1.54) is 0 Å². The zero-order valence-electron chi connectivity index (χ0n) is 6.63. The predicted octanol–water partition coefficient (Wildman–Crippen LogP) is 1.95. The van der Waals surface area contributed by atoms with Crippen LogP contribution in [0.5, 0.6) is 5.88 Å². The number of aromatic nitrogens is 1. The fourth-order valence-corrected chi connectivity index (χ4v) is 0.939. The largest absolute Gasteiger partial charge is 0.494 e. The van der Waals surface area contributed by atoms with Gasteiger partial charge < -0.3 is 9.67 Å². The van der Waals surface area contributed by atoms with Crippen LogP contribution in [0.15, 0.2) is 18.3 Å². The second kappa shape index (κ2) is 2.04. The average molecular weight is 139 g/mol. The molecule has 1 aromatic heterocycles. The molecule has 0 unspecified atom stereocenters. The van der Waals surface area contributed by atoms with Crippen LogP contribution in [0.3, 0.4) is 0 Å². The van der Waals surface area contributed by atoms with Crippen LogP contribution in [0.4, 0.5) is 0 Å². The van der Waals surface area contributed by atoms with Gasteiger partial charge in [-0.25, -0.2) is 0 Å². The Morgan fingerprint density at radius 3 is 2.20 bits per heavy atom. The summed E-state index contributed by atoms with van der Waals surface area (Å²) in [7, 11) is 0. The van der Waals surface area contributed by atoms with E-state index >= 15 is 0 Å². The van der Waals surface area contributed by atoms with Crippen LogP contribution in [0.25, 0.3) is 0 Å². The molecule has 56 valence electrons. The quantitative estimate of drug-likeness (QED) is 0.584. The van der Waals surface area contributed by atoms with Crippen LogP contribution in [-0.2, 0) is 5.54 Å². The van der Waals surface area contributed by atoms with Crippen LogP contribution in [0.2, 0.25) is 0 Å². The Bertz CT molecular complexity index is 219. The van der Waals surface area contributed by atoms with Gasteiger partial charge in [0.1, 0.15) is 0 Å². The van der Waals surface area contributed by atoms with Gasteiger partial charge in [-0.3, -0.25) is 0 Å². The standard InChI is InChI=1S/C8H13NO/c1-8(2,3)9-6-4-5-7(9)10/h4-6,10H,1-3H3. The van der Waals surface area contributed by atoms with Gasteiger partial charge in [0.15, 0.2) is 5.88 Å². The highest BCUT2D eigenvalue weighted by atomic mass is 16.3. The lowest BCUT2D eigenvalue weighted by molar-refractivity contribution is 0.326. The third-order valence-electron chi connectivity index (χ3n) is 1.45. The van der Waals surface area contributed by atoms with Gasteiger partial charge in [-0.1, -0.05) is 0 Å². The maximum absolute atomic E-state index is 9.25. The zero-order valence-corrected chi connectivity index (χ0v) is 6.63. The number of rotatable bonds is 0. The average Bonchev–Trinajstić information content (AvgIpc) is 2.11.